The molecule has 0 aromatic heterocycles. The van der Waals surface area contributed by atoms with Gasteiger partial charge in [0.25, 0.3) is 0 Å². The third-order valence-corrected chi connectivity index (χ3v) is 2.88. The fraction of sp³-hybridized carbons (Fsp3) is 0.500. The van der Waals surface area contributed by atoms with Crippen LogP contribution in [0.5, 0.6) is 5.75 Å². The molecule has 0 amide bonds. The Kier molecular flexibility index (Phi) is 5.01. The third-order valence-electron chi connectivity index (χ3n) is 2.88. The van der Waals surface area contributed by atoms with Crippen LogP contribution >= 0.6 is 0 Å². The molecule has 94 valence electrons. The Bertz CT molecular complexity index is 395. The van der Waals surface area contributed by atoms with Crippen LogP contribution in [-0.4, -0.2) is 17.0 Å². The minimum atomic E-state index is 0.210. The van der Waals surface area contributed by atoms with Gasteiger partial charge in [0.2, 0.25) is 0 Å². The first kappa shape index (κ1) is 13.6. The molecule has 1 rings (SSSR count). The van der Waals surface area contributed by atoms with Gasteiger partial charge in [0, 0.05) is 5.56 Å². The molecule has 0 aliphatic carbocycles. The van der Waals surface area contributed by atoms with E-state index in [1.807, 2.05) is 25.1 Å². The highest BCUT2D eigenvalue weighted by atomic mass is 16.5. The van der Waals surface area contributed by atoms with Gasteiger partial charge < -0.3 is 9.94 Å². The van der Waals surface area contributed by atoms with E-state index in [1.54, 1.807) is 6.92 Å². The van der Waals surface area contributed by atoms with Gasteiger partial charge in [0.1, 0.15) is 5.75 Å². The second-order valence-electron chi connectivity index (χ2n) is 4.24. The summed E-state index contributed by atoms with van der Waals surface area (Å²) in [4.78, 5) is 0. The van der Waals surface area contributed by atoms with Crippen LogP contribution in [0.1, 0.15) is 44.7 Å². The van der Waals surface area contributed by atoms with Gasteiger partial charge in [-0.15, -0.1) is 0 Å². The van der Waals surface area contributed by atoms with E-state index in [1.165, 1.54) is 0 Å². The standard InChI is InChI=1S/C14H21NO2/c1-5-12(6-2)17-14-9-10(3)7-8-13(14)11(4)15-16/h7-9,12,16H,5-6H2,1-4H3. The predicted octanol–water partition coefficient (Wildman–Crippen LogP) is 3.76. The first-order chi connectivity index (χ1) is 8.12. The highest BCUT2D eigenvalue weighted by molar-refractivity contribution is 6.00. The molecular weight excluding hydrogens is 214 g/mol. The van der Waals surface area contributed by atoms with Gasteiger partial charge >= 0.3 is 0 Å². The molecule has 0 aliphatic heterocycles. The van der Waals surface area contributed by atoms with Gasteiger partial charge in [0.15, 0.2) is 0 Å². The topological polar surface area (TPSA) is 41.8 Å². The highest BCUT2D eigenvalue weighted by Crippen LogP contribution is 2.23. The molecular formula is C14H21NO2. The van der Waals surface area contributed by atoms with Gasteiger partial charge in [-0.3, -0.25) is 0 Å². The molecule has 0 radical (unpaired) electrons. The summed E-state index contributed by atoms with van der Waals surface area (Å²) in [6, 6.07) is 5.91. The van der Waals surface area contributed by atoms with E-state index >= 15 is 0 Å². The number of rotatable bonds is 5. The number of benzene rings is 1. The average Bonchev–Trinajstić information content (AvgIpc) is 2.35. The minimum Gasteiger partial charge on any atom is -0.490 e. The van der Waals surface area contributed by atoms with E-state index < -0.39 is 0 Å². The van der Waals surface area contributed by atoms with Gasteiger partial charge in [-0.2, -0.15) is 0 Å². The van der Waals surface area contributed by atoms with Crippen LogP contribution in [0, 0.1) is 6.92 Å². The van der Waals surface area contributed by atoms with E-state index in [0.29, 0.717) is 5.71 Å². The van der Waals surface area contributed by atoms with E-state index in [-0.39, 0.29) is 6.10 Å². The second kappa shape index (κ2) is 6.28. The Morgan fingerprint density at radius 2 is 2.00 bits per heavy atom. The number of ether oxygens (including phenoxy) is 1. The normalized spacial score (nSPS) is 11.9. The molecule has 1 aromatic carbocycles. The summed E-state index contributed by atoms with van der Waals surface area (Å²) in [5.74, 6) is 0.800. The third kappa shape index (κ3) is 3.48. The average molecular weight is 235 g/mol. The molecule has 0 saturated carbocycles. The van der Waals surface area contributed by atoms with Gasteiger partial charge in [-0.1, -0.05) is 25.1 Å². The zero-order valence-corrected chi connectivity index (χ0v) is 11.0. The summed E-state index contributed by atoms with van der Waals surface area (Å²) in [5.41, 5.74) is 2.57. The quantitative estimate of drug-likeness (QED) is 0.479. The summed E-state index contributed by atoms with van der Waals surface area (Å²) in [6.45, 7) is 8.01. The van der Waals surface area contributed by atoms with E-state index in [4.69, 9.17) is 9.94 Å². The summed E-state index contributed by atoms with van der Waals surface area (Å²) in [7, 11) is 0. The Morgan fingerprint density at radius 1 is 1.35 bits per heavy atom. The van der Waals surface area contributed by atoms with E-state index in [2.05, 4.69) is 19.0 Å². The number of oxime groups is 1. The molecule has 0 heterocycles. The van der Waals surface area contributed by atoms with Crippen LogP contribution in [0.2, 0.25) is 0 Å². The molecule has 0 bridgehead atoms. The SMILES string of the molecule is CCC(CC)Oc1cc(C)ccc1C(C)=NO. The zero-order valence-electron chi connectivity index (χ0n) is 11.0. The smallest absolute Gasteiger partial charge is 0.129 e. The molecule has 0 aliphatic rings. The Hall–Kier alpha value is -1.51. The largest absolute Gasteiger partial charge is 0.490 e. The van der Waals surface area contributed by atoms with Crippen molar-refractivity contribution in [2.24, 2.45) is 5.16 Å². The summed E-state index contributed by atoms with van der Waals surface area (Å²) in [5, 5.41) is 12.1. The molecule has 1 aromatic rings. The van der Waals surface area contributed by atoms with Crippen molar-refractivity contribution in [3.8, 4) is 5.75 Å². The van der Waals surface area contributed by atoms with Gasteiger partial charge in [-0.05, 0) is 44.4 Å². The molecule has 0 fully saturated rings. The van der Waals surface area contributed by atoms with Crippen LogP contribution < -0.4 is 4.74 Å². The lowest BCUT2D eigenvalue weighted by Crippen LogP contribution is -2.15. The van der Waals surface area contributed by atoms with Gasteiger partial charge in [-0.25, -0.2) is 0 Å². The van der Waals surface area contributed by atoms with Crippen LogP contribution in [0.15, 0.2) is 23.4 Å². The van der Waals surface area contributed by atoms with Crippen LogP contribution in [0.25, 0.3) is 0 Å². The lowest BCUT2D eigenvalue weighted by molar-refractivity contribution is 0.192. The second-order valence-corrected chi connectivity index (χ2v) is 4.24. The number of aryl methyl sites for hydroxylation is 1. The van der Waals surface area contributed by atoms with E-state index in [0.717, 1.165) is 29.7 Å². The Balaban J connectivity index is 3.07. The van der Waals surface area contributed by atoms with Crippen LogP contribution in [0.4, 0.5) is 0 Å². The van der Waals surface area contributed by atoms with Crippen molar-refractivity contribution >= 4 is 5.71 Å². The zero-order chi connectivity index (χ0) is 12.8. The van der Waals surface area contributed by atoms with Gasteiger partial charge in [0.05, 0.1) is 11.8 Å². The van der Waals surface area contributed by atoms with Crippen molar-refractivity contribution < 1.29 is 9.94 Å². The molecule has 0 spiro atoms. The molecule has 0 atom stereocenters. The lowest BCUT2D eigenvalue weighted by atomic mass is 10.1. The fourth-order valence-corrected chi connectivity index (χ4v) is 1.71. The van der Waals surface area contributed by atoms with Crippen LogP contribution in [0.3, 0.4) is 0 Å². The molecule has 0 saturated heterocycles. The van der Waals surface area contributed by atoms with Crippen molar-refractivity contribution in [1.29, 1.82) is 0 Å². The molecule has 17 heavy (non-hydrogen) atoms. The van der Waals surface area contributed by atoms with E-state index in [9.17, 15) is 0 Å². The number of nitrogens with zero attached hydrogens (tertiary/aromatic N) is 1. The first-order valence-corrected chi connectivity index (χ1v) is 6.08. The fourth-order valence-electron chi connectivity index (χ4n) is 1.71. The maximum Gasteiger partial charge on any atom is 0.129 e. The number of hydrogen-bond donors (Lipinski definition) is 1. The monoisotopic (exact) mass is 235 g/mol. The Labute approximate surface area is 103 Å². The molecule has 1 N–H and O–H groups in total. The van der Waals surface area contributed by atoms with Crippen molar-refractivity contribution in [2.45, 2.75) is 46.6 Å². The molecule has 0 unspecified atom stereocenters. The Morgan fingerprint density at radius 3 is 2.53 bits per heavy atom. The predicted molar refractivity (Wildman–Crippen MR) is 70.2 cm³/mol. The lowest BCUT2D eigenvalue weighted by Gasteiger charge is -2.18. The molecule has 3 heteroatoms. The summed E-state index contributed by atoms with van der Waals surface area (Å²) >= 11 is 0. The van der Waals surface area contributed by atoms with Crippen molar-refractivity contribution in [2.75, 3.05) is 0 Å². The van der Waals surface area contributed by atoms with Crippen LogP contribution in [-0.2, 0) is 0 Å². The maximum atomic E-state index is 8.86. The number of hydrogen-bond acceptors (Lipinski definition) is 3. The highest BCUT2D eigenvalue weighted by Gasteiger charge is 2.12. The maximum absolute atomic E-state index is 8.86. The summed E-state index contributed by atoms with van der Waals surface area (Å²) < 4.78 is 5.96. The summed E-state index contributed by atoms with van der Waals surface area (Å²) in [6.07, 6.45) is 2.15. The van der Waals surface area contributed by atoms with Crippen molar-refractivity contribution in [1.82, 2.24) is 0 Å². The molecule has 3 nitrogen and oxygen atoms in total. The minimum absolute atomic E-state index is 0.210. The first-order valence-electron chi connectivity index (χ1n) is 6.08. The van der Waals surface area contributed by atoms with Crippen molar-refractivity contribution in [3.05, 3.63) is 29.3 Å². The van der Waals surface area contributed by atoms with Crippen molar-refractivity contribution in [3.63, 3.8) is 0 Å².